The van der Waals surface area contributed by atoms with Gasteiger partial charge in [-0.15, -0.1) is 0 Å². The third-order valence-electron chi connectivity index (χ3n) is 3.64. The fraction of sp³-hybridized carbons (Fsp3) is 0.625. The second kappa shape index (κ2) is 8.69. The number of rotatable bonds is 9. The molecule has 0 aromatic heterocycles. The number of benzene rings is 1. The van der Waals surface area contributed by atoms with Crippen molar-refractivity contribution in [2.24, 2.45) is 0 Å². The molecule has 0 aliphatic carbocycles. The molecule has 1 aromatic carbocycles. The summed E-state index contributed by atoms with van der Waals surface area (Å²) >= 11 is 0. The van der Waals surface area contributed by atoms with Gasteiger partial charge < -0.3 is 21.3 Å². The second-order valence-electron chi connectivity index (χ2n) is 5.60. The predicted octanol–water partition coefficient (Wildman–Crippen LogP) is 2.80. The molecular formula is C16H30N4. The molecule has 0 atom stereocenters. The van der Waals surface area contributed by atoms with Gasteiger partial charge in [0.15, 0.2) is 0 Å². The van der Waals surface area contributed by atoms with E-state index in [0.717, 1.165) is 36.6 Å². The van der Waals surface area contributed by atoms with Crippen LogP contribution >= 0.6 is 0 Å². The fourth-order valence-corrected chi connectivity index (χ4v) is 2.36. The van der Waals surface area contributed by atoms with Gasteiger partial charge in [0.25, 0.3) is 0 Å². The third-order valence-corrected chi connectivity index (χ3v) is 3.64. The maximum absolute atomic E-state index is 6.00. The highest BCUT2D eigenvalue weighted by Crippen LogP contribution is 2.24. The van der Waals surface area contributed by atoms with E-state index < -0.39 is 0 Å². The molecule has 1 aromatic rings. The van der Waals surface area contributed by atoms with E-state index in [1.165, 1.54) is 25.8 Å². The Morgan fingerprint density at radius 3 is 2.30 bits per heavy atom. The molecule has 0 radical (unpaired) electrons. The van der Waals surface area contributed by atoms with E-state index >= 15 is 0 Å². The Labute approximate surface area is 123 Å². The molecule has 0 bridgehead atoms. The molecule has 4 heteroatoms. The van der Waals surface area contributed by atoms with Crippen molar-refractivity contribution in [2.75, 3.05) is 50.1 Å². The van der Waals surface area contributed by atoms with Crippen LogP contribution < -0.4 is 16.4 Å². The van der Waals surface area contributed by atoms with Crippen molar-refractivity contribution in [1.82, 2.24) is 4.90 Å². The van der Waals surface area contributed by atoms with Crippen LogP contribution in [0.15, 0.2) is 18.2 Å². The molecule has 20 heavy (non-hydrogen) atoms. The van der Waals surface area contributed by atoms with E-state index in [2.05, 4.69) is 30.8 Å². The third kappa shape index (κ3) is 5.70. The fourth-order valence-electron chi connectivity index (χ4n) is 2.36. The number of hydrogen-bond acceptors (Lipinski definition) is 4. The zero-order chi connectivity index (χ0) is 15.0. The van der Waals surface area contributed by atoms with Gasteiger partial charge in [0.2, 0.25) is 0 Å². The number of hydrogen-bond donors (Lipinski definition) is 2. The maximum atomic E-state index is 6.00. The lowest BCUT2D eigenvalue weighted by Crippen LogP contribution is -2.26. The number of unbranched alkanes of at least 4 members (excludes halogenated alkanes) is 2. The maximum Gasteiger partial charge on any atom is 0.0598 e. The molecular weight excluding hydrogens is 248 g/mol. The smallest absolute Gasteiger partial charge is 0.0598 e. The van der Waals surface area contributed by atoms with Gasteiger partial charge in [-0.25, -0.2) is 0 Å². The van der Waals surface area contributed by atoms with Gasteiger partial charge in [-0.05, 0) is 51.2 Å². The minimum atomic E-state index is 0.718. The summed E-state index contributed by atoms with van der Waals surface area (Å²) in [5.74, 6) is 0. The lowest BCUT2D eigenvalue weighted by Gasteiger charge is -2.23. The average molecular weight is 278 g/mol. The molecule has 0 heterocycles. The van der Waals surface area contributed by atoms with Gasteiger partial charge in [-0.1, -0.05) is 19.8 Å². The molecule has 4 N–H and O–H groups in total. The van der Waals surface area contributed by atoms with Crippen LogP contribution in [-0.2, 0) is 0 Å². The standard InChI is InChI=1S/C16H30N4/c1-4-5-6-10-19(2)11-7-12-20(3)16-9-8-14(17)13-15(16)18/h8-9,13H,4-7,10-12,17-18H2,1-3H3. The van der Waals surface area contributed by atoms with Crippen molar-refractivity contribution in [1.29, 1.82) is 0 Å². The summed E-state index contributed by atoms with van der Waals surface area (Å²) in [6.45, 7) is 5.57. The van der Waals surface area contributed by atoms with Crippen LogP contribution in [0, 0.1) is 0 Å². The van der Waals surface area contributed by atoms with E-state index in [4.69, 9.17) is 11.5 Å². The summed E-state index contributed by atoms with van der Waals surface area (Å²) in [6.07, 6.45) is 5.05. The van der Waals surface area contributed by atoms with Crippen LogP contribution in [-0.4, -0.2) is 38.6 Å². The van der Waals surface area contributed by atoms with Crippen molar-refractivity contribution < 1.29 is 0 Å². The molecule has 4 nitrogen and oxygen atoms in total. The largest absolute Gasteiger partial charge is 0.399 e. The number of nitrogen functional groups attached to an aromatic ring is 2. The monoisotopic (exact) mass is 278 g/mol. The summed E-state index contributed by atoms with van der Waals surface area (Å²) in [6, 6.07) is 5.72. The van der Waals surface area contributed by atoms with Gasteiger partial charge >= 0.3 is 0 Å². The lowest BCUT2D eigenvalue weighted by molar-refractivity contribution is 0.322. The van der Waals surface area contributed by atoms with Gasteiger partial charge in [0.1, 0.15) is 0 Å². The number of anilines is 3. The Bertz CT molecular complexity index is 392. The highest BCUT2D eigenvalue weighted by Gasteiger charge is 2.06. The Morgan fingerprint density at radius 2 is 1.65 bits per heavy atom. The van der Waals surface area contributed by atoms with Gasteiger partial charge in [-0.3, -0.25) is 0 Å². The number of nitrogens with two attached hydrogens (primary N) is 2. The molecule has 0 unspecified atom stereocenters. The molecule has 0 aliphatic heterocycles. The highest BCUT2D eigenvalue weighted by molar-refractivity contribution is 5.71. The van der Waals surface area contributed by atoms with Gasteiger partial charge in [-0.2, -0.15) is 0 Å². The van der Waals surface area contributed by atoms with Crippen LogP contribution in [0.2, 0.25) is 0 Å². The molecule has 114 valence electrons. The van der Waals surface area contributed by atoms with Crippen molar-refractivity contribution >= 4 is 17.1 Å². The predicted molar refractivity (Wildman–Crippen MR) is 90.2 cm³/mol. The van der Waals surface area contributed by atoms with E-state index in [1.54, 1.807) is 0 Å². The Hall–Kier alpha value is -1.42. The molecule has 0 saturated heterocycles. The first kappa shape index (κ1) is 16.6. The quantitative estimate of drug-likeness (QED) is 0.539. The Balaban J connectivity index is 2.30. The normalized spacial score (nSPS) is 11.0. The minimum absolute atomic E-state index is 0.718. The van der Waals surface area contributed by atoms with Crippen molar-refractivity contribution in [2.45, 2.75) is 32.6 Å². The Morgan fingerprint density at radius 1 is 0.950 bits per heavy atom. The van der Waals surface area contributed by atoms with Crippen molar-refractivity contribution in [3.05, 3.63) is 18.2 Å². The van der Waals surface area contributed by atoms with Crippen LogP contribution in [0.25, 0.3) is 0 Å². The molecule has 0 fully saturated rings. The van der Waals surface area contributed by atoms with Crippen LogP contribution in [0.1, 0.15) is 32.6 Å². The van der Waals surface area contributed by atoms with Crippen molar-refractivity contribution in [3.63, 3.8) is 0 Å². The van der Waals surface area contributed by atoms with E-state index in [-0.39, 0.29) is 0 Å². The van der Waals surface area contributed by atoms with E-state index in [1.807, 2.05) is 18.2 Å². The summed E-state index contributed by atoms with van der Waals surface area (Å²) in [4.78, 5) is 4.62. The molecule has 1 rings (SSSR count). The van der Waals surface area contributed by atoms with Crippen LogP contribution in [0.5, 0.6) is 0 Å². The molecule has 0 saturated carbocycles. The second-order valence-corrected chi connectivity index (χ2v) is 5.60. The topological polar surface area (TPSA) is 58.5 Å². The first-order valence-electron chi connectivity index (χ1n) is 7.59. The summed E-state index contributed by atoms with van der Waals surface area (Å²) in [5, 5.41) is 0. The zero-order valence-electron chi connectivity index (χ0n) is 13.2. The average Bonchev–Trinajstić information content (AvgIpc) is 2.38. The number of nitrogens with zero attached hydrogens (tertiary/aromatic N) is 2. The summed E-state index contributed by atoms with van der Waals surface area (Å²) < 4.78 is 0. The van der Waals surface area contributed by atoms with Crippen LogP contribution in [0.4, 0.5) is 17.1 Å². The molecule has 0 amide bonds. The highest BCUT2D eigenvalue weighted by atomic mass is 15.1. The zero-order valence-corrected chi connectivity index (χ0v) is 13.2. The summed E-state index contributed by atoms with van der Waals surface area (Å²) in [5.41, 5.74) is 14.3. The first-order chi connectivity index (χ1) is 9.54. The molecule has 0 spiro atoms. The lowest BCUT2D eigenvalue weighted by atomic mass is 10.2. The minimum Gasteiger partial charge on any atom is -0.399 e. The van der Waals surface area contributed by atoms with E-state index in [0.29, 0.717) is 0 Å². The van der Waals surface area contributed by atoms with Gasteiger partial charge in [0, 0.05) is 19.3 Å². The van der Waals surface area contributed by atoms with Crippen molar-refractivity contribution in [3.8, 4) is 0 Å². The molecule has 0 aliphatic rings. The van der Waals surface area contributed by atoms with Gasteiger partial charge in [0.05, 0.1) is 11.4 Å². The Kier molecular flexibility index (Phi) is 7.23. The SMILES string of the molecule is CCCCCN(C)CCCN(C)c1ccc(N)cc1N. The van der Waals surface area contributed by atoms with Crippen LogP contribution in [0.3, 0.4) is 0 Å². The first-order valence-corrected chi connectivity index (χ1v) is 7.59. The van der Waals surface area contributed by atoms with E-state index in [9.17, 15) is 0 Å². The summed E-state index contributed by atoms with van der Waals surface area (Å²) in [7, 11) is 4.28.